The van der Waals surface area contributed by atoms with Crippen molar-refractivity contribution in [1.29, 1.82) is 0 Å². The second kappa shape index (κ2) is 6.11. The summed E-state index contributed by atoms with van der Waals surface area (Å²) >= 11 is 5.76. The summed E-state index contributed by atoms with van der Waals surface area (Å²) < 4.78 is 25.9. The number of sulfonamides is 1. The second-order valence-electron chi connectivity index (χ2n) is 4.92. The summed E-state index contributed by atoms with van der Waals surface area (Å²) in [6.07, 6.45) is 1.11. The number of hydrogen-bond donors (Lipinski definition) is 1. The fourth-order valence-corrected chi connectivity index (χ4v) is 4.02. The number of carboxylic acid groups (broad SMARTS) is 1. The van der Waals surface area contributed by atoms with Crippen LogP contribution < -0.4 is 0 Å². The maximum absolute atomic E-state index is 12.3. The molecule has 2 rings (SSSR count). The Hall–Kier alpha value is -1.11. The van der Waals surface area contributed by atoms with Crippen LogP contribution in [0.5, 0.6) is 0 Å². The Kier molecular flexibility index (Phi) is 4.67. The van der Waals surface area contributed by atoms with Crippen LogP contribution in [0.25, 0.3) is 0 Å². The lowest BCUT2D eigenvalue weighted by atomic mass is 10.0. The van der Waals surface area contributed by atoms with Crippen LogP contribution >= 0.6 is 11.6 Å². The SMILES string of the molecule is O=C(O)[C@@H]1CCCN(S(=O)(=O)Cc2ccc(Cl)cc2)C1. The number of carbonyl (C=O) groups is 1. The van der Waals surface area contributed by atoms with Gasteiger partial charge in [-0.1, -0.05) is 23.7 Å². The number of aliphatic carboxylic acids is 1. The van der Waals surface area contributed by atoms with Gasteiger partial charge in [-0.05, 0) is 30.5 Å². The third-order valence-corrected chi connectivity index (χ3v) is 5.46. The topological polar surface area (TPSA) is 74.7 Å². The molecule has 0 amide bonds. The number of piperidine rings is 1. The van der Waals surface area contributed by atoms with Crippen molar-refractivity contribution < 1.29 is 18.3 Å². The van der Waals surface area contributed by atoms with E-state index in [1.54, 1.807) is 24.3 Å². The summed E-state index contributed by atoms with van der Waals surface area (Å²) in [7, 11) is -3.49. The third kappa shape index (κ3) is 3.71. The molecule has 0 radical (unpaired) electrons. The highest BCUT2D eigenvalue weighted by molar-refractivity contribution is 7.88. The van der Waals surface area contributed by atoms with E-state index in [4.69, 9.17) is 16.7 Å². The maximum Gasteiger partial charge on any atom is 0.307 e. The molecule has 0 bridgehead atoms. The maximum atomic E-state index is 12.3. The van der Waals surface area contributed by atoms with Gasteiger partial charge in [-0.25, -0.2) is 12.7 Å². The first-order valence-corrected chi connectivity index (χ1v) is 8.32. The summed E-state index contributed by atoms with van der Waals surface area (Å²) in [6, 6.07) is 6.61. The number of nitrogens with zero attached hydrogens (tertiary/aromatic N) is 1. The number of rotatable bonds is 4. The Morgan fingerprint density at radius 3 is 2.60 bits per heavy atom. The summed E-state index contributed by atoms with van der Waals surface area (Å²) in [6.45, 7) is 0.449. The fourth-order valence-electron chi connectivity index (χ4n) is 2.28. The first-order chi connectivity index (χ1) is 9.38. The molecule has 1 aromatic carbocycles. The lowest BCUT2D eigenvalue weighted by Gasteiger charge is -2.29. The van der Waals surface area contributed by atoms with Gasteiger partial charge in [-0.2, -0.15) is 0 Å². The Morgan fingerprint density at radius 1 is 1.35 bits per heavy atom. The van der Waals surface area contributed by atoms with Gasteiger partial charge in [0, 0.05) is 18.1 Å². The zero-order valence-corrected chi connectivity index (χ0v) is 12.4. The standard InChI is InChI=1S/C13H16ClNO4S/c14-12-5-3-10(4-6-12)9-20(18,19)15-7-1-2-11(8-15)13(16)17/h3-6,11H,1-2,7-9H2,(H,16,17)/t11-/m1/s1. The van der Waals surface area contributed by atoms with Crippen molar-refractivity contribution in [2.45, 2.75) is 18.6 Å². The van der Waals surface area contributed by atoms with Crippen LogP contribution in [0.1, 0.15) is 18.4 Å². The Bertz CT molecular complexity index is 585. The van der Waals surface area contributed by atoms with Crippen molar-refractivity contribution in [2.24, 2.45) is 5.92 Å². The molecule has 1 aliphatic rings. The van der Waals surface area contributed by atoms with Crippen LogP contribution in [0.3, 0.4) is 0 Å². The van der Waals surface area contributed by atoms with E-state index in [9.17, 15) is 13.2 Å². The van der Waals surface area contributed by atoms with Gasteiger partial charge in [0.1, 0.15) is 0 Å². The monoisotopic (exact) mass is 317 g/mol. The Morgan fingerprint density at radius 2 is 2.00 bits per heavy atom. The van der Waals surface area contributed by atoms with Crippen LogP contribution in [0.4, 0.5) is 0 Å². The van der Waals surface area contributed by atoms with E-state index < -0.39 is 21.9 Å². The van der Waals surface area contributed by atoms with E-state index in [-0.39, 0.29) is 12.3 Å². The van der Waals surface area contributed by atoms with Crippen LogP contribution in [-0.2, 0) is 20.6 Å². The highest BCUT2D eigenvalue weighted by Crippen LogP contribution is 2.22. The first kappa shape index (κ1) is 15.3. The summed E-state index contributed by atoms with van der Waals surface area (Å²) in [4.78, 5) is 11.0. The number of carboxylic acids is 1. The van der Waals surface area contributed by atoms with E-state index in [1.807, 2.05) is 0 Å². The fraction of sp³-hybridized carbons (Fsp3) is 0.462. The highest BCUT2D eigenvalue weighted by atomic mass is 35.5. The van der Waals surface area contributed by atoms with Crippen molar-refractivity contribution in [2.75, 3.05) is 13.1 Å². The van der Waals surface area contributed by atoms with Crippen molar-refractivity contribution in [3.63, 3.8) is 0 Å². The lowest BCUT2D eigenvalue weighted by molar-refractivity contribution is -0.142. The second-order valence-corrected chi connectivity index (χ2v) is 7.32. The average molecular weight is 318 g/mol. The number of benzene rings is 1. The quantitative estimate of drug-likeness (QED) is 0.921. The zero-order valence-electron chi connectivity index (χ0n) is 10.8. The molecule has 1 fully saturated rings. The molecule has 1 saturated heterocycles. The van der Waals surface area contributed by atoms with E-state index in [1.165, 1.54) is 4.31 Å². The lowest BCUT2D eigenvalue weighted by Crippen LogP contribution is -2.42. The molecule has 1 N–H and O–H groups in total. The molecule has 0 aliphatic carbocycles. The molecule has 1 aliphatic heterocycles. The predicted molar refractivity (Wildman–Crippen MR) is 76.0 cm³/mol. The molecule has 1 heterocycles. The minimum atomic E-state index is -3.49. The molecule has 7 heteroatoms. The van der Waals surface area contributed by atoms with Gasteiger partial charge >= 0.3 is 5.97 Å². The summed E-state index contributed by atoms with van der Waals surface area (Å²) in [5.41, 5.74) is 0.645. The molecule has 0 aromatic heterocycles. The van der Waals surface area contributed by atoms with Gasteiger partial charge in [-0.3, -0.25) is 4.79 Å². The van der Waals surface area contributed by atoms with Crippen LogP contribution in [0, 0.1) is 5.92 Å². The number of halogens is 1. The zero-order chi connectivity index (χ0) is 14.8. The Balaban J connectivity index is 2.09. The molecule has 1 atom stereocenters. The van der Waals surface area contributed by atoms with Gasteiger partial charge in [0.2, 0.25) is 10.0 Å². The van der Waals surface area contributed by atoms with Gasteiger partial charge in [-0.15, -0.1) is 0 Å². The minimum absolute atomic E-state index is 0.0608. The molecule has 1 aromatic rings. The smallest absolute Gasteiger partial charge is 0.307 e. The van der Waals surface area contributed by atoms with Gasteiger partial charge in [0.05, 0.1) is 11.7 Å². The average Bonchev–Trinajstić information content (AvgIpc) is 2.41. The van der Waals surface area contributed by atoms with Gasteiger partial charge < -0.3 is 5.11 Å². The predicted octanol–water partition coefficient (Wildman–Crippen LogP) is 1.97. The van der Waals surface area contributed by atoms with E-state index in [0.29, 0.717) is 30.0 Å². The molecule has 5 nitrogen and oxygen atoms in total. The van der Waals surface area contributed by atoms with Crippen molar-refractivity contribution >= 4 is 27.6 Å². The van der Waals surface area contributed by atoms with Gasteiger partial charge in [0.25, 0.3) is 0 Å². The highest BCUT2D eigenvalue weighted by Gasteiger charge is 2.32. The molecule has 0 unspecified atom stereocenters. The minimum Gasteiger partial charge on any atom is -0.481 e. The van der Waals surface area contributed by atoms with E-state index in [2.05, 4.69) is 0 Å². The number of hydrogen-bond acceptors (Lipinski definition) is 3. The van der Waals surface area contributed by atoms with E-state index >= 15 is 0 Å². The largest absolute Gasteiger partial charge is 0.481 e. The molecule has 0 spiro atoms. The van der Waals surface area contributed by atoms with Crippen LogP contribution in [0.15, 0.2) is 24.3 Å². The van der Waals surface area contributed by atoms with Crippen LogP contribution in [-0.4, -0.2) is 36.9 Å². The third-order valence-electron chi connectivity index (χ3n) is 3.39. The molecular weight excluding hydrogens is 302 g/mol. The summed E-state index contributed by atoms with van der Waals surface area (Å²) in [5.74, 6) is -1.67. The van der Waals surface area contributed by atoms with Crippen molar-refractivity contribution in [3.05, 3.63) is 34.9 Å². The van der Waals surface area contributed by atoms with Crippen molar-refractivity contribution in [3.8, 4) is 0 Å². The molecule has 110 valence electrons. The van der Waals surface area contributed by atoms with Crippen LogP contribution in [0.2, 0.25) is 5.02 Å². The van der Waals surface area contributed by atoms with Gasteiger partial charge in [0.15, 0.2) is 0 Å². The van der Waals surface area contributed by atoms with Crippen molar-refractivity contribution in [1.82, 2.24) is 4.31 Å². The normalized spacial score (nSPS) is 20.8. The Labute approximate surface area is 123 Å². The molecular formula is C13H16ClNO4S. The summed E-state index contributed by atoms with van der Waals surface area (Å²) in [5, 5.41) is 9.56. The molecule has 20 heavy (non-hydrogen) atoms. The molecule has 0 saturated carbocycles. The first-order valence-electron chi connectivity index (χ1n) is 6.33. The van der Waals surface area contributed by atoms with E-state index in [0.717, 1.165) is 0 Å².